The number of benzene rings is 1. The number of sulfonamides is 1. The van der Waals surface area contributed by atoms with Crippen LogP contribution in [0.1, 0.15) is 32.8 Å². The van der Waals surface area contributed by atoms with Crippen molar-refractivity contribution in [2.75, 3.05) is 13.6 Å². The van der Waals surface area contributed by atoms with E-state index in [9.17, 15) is 17.6 Å². The molecule has 1 heterocycles. The van der Waals surface area contributed by atoms with Gasteiger partial charge in [0, 0.05) is 20.0 Å². The van der Waals surface area contributed by atoms with Gasteiger partial charge in [-0.05, 0) is 37.1 Å². The Morgan fingerprint density at radius 3 is 2.35 bits per heavy atom. The Labute approximate surface area is 136 Å². The van der Waals surface area contributed by atoms with Gasteiger partial charge in [0.1, 0.15) is 5.82 Å². The van der Waals surface area contributed by atoms with E-state index in [-0.39, 0.29) is 17.4 Å². The molecule has 23 heavy (non-hydrogen) atoms. The van der Waals surface area contributed by atoms with E-state index in [2.05, 4.69) is 4.72 Å². The number of hydrogen-bond acceptors (Lipinski definition) is 3. The number of nitrogens with one attached hydrogen (secondary N) is 1. The lowest BCUT2D eigenvalue weighted by Gasteiger charge is -2.26. The van der Waals surface area contributed by atoms with Gasteiger partial charge in [0.15, 0.2) is 0 Å². The monoisotopic (exact) mass is 340 g/mol. The van der Waals surface area contributed by atoms with Crippen LogP contribution >= 0.6 is 0 Å². The van der Waals surface area contributed by atoms with Crippen molar-refractivity contribution in [1.29, 1.82) is 0 Å². The molecule has 2 rings (SSSR count). The van der Waals surface area contributed by atoms with E-state index in [4.69, 9.17) is 0 Å². The average Bonchev–Trinajstić information content (AvgIpc) is 2.63. The number of carbonyl (C=O) groups is 1. The summed E-state index contributed by atoms with van der Waals surface area (Å²) in [5, 5.41) is 0. The molecule has 1 N–H and O–H groups in total. The van der Waals surface area contributed by atoms with Gasteiger partial charge in [-0.15, -0.1) is 0 Å². The molecule has 1 aliphatic rings. The molecule has 1 aliphatic heterocycles. The highest BCUT2D eigenvalue weighted by atomic mass is 32.2. The van der Waals surface area contributed by atoms with Gasteiger partial charge in [0.25, 0.3) is 0 Å². The molecule has 0 saturated carbocycles. The topological polar surface area (TPSA) is 66.5 Å². The largest absolute Gasteiger partial charge is 0.342 e. The molecule has 0 aliphatic carbocycles. The van der Waals surface area contributed by atoms with Crippen molar-refractivity contribution in [2.24, 2.45) is 0 Å². The summed E-state index contributed by atoms with van der Waals surface area (Å²) in [6.45, 7) is 5.45. The first-order valence-corrected chi connectivity index (χ1v) is 8.84. The lowest BCUT2D eigenvalue weighted by molar-refractivity contribution is -0.129. The van der Waals surface area contributed by atoms with Crippen LogP contribution in [-0.2, 0) is 14.8 Å². The fraction of sp³-hybridized carbons (Fsp3) is 0.438. The van der Waals surface area contributed by atoms with Crippen LogP contribution < -0.4 is 4.72 Å². The normalized spacial score (nSPS) is 19.0. The van der Waals surface area contributed by atoms with E-state index in [1.54, 1.807) is 27.8 Å². The number of rotatable bonds is 4. The molecule has 1 amide bonds. The maximum absolute atomic E-state index is 13.1. The summed E-state index contributed by atoms with van der Waals surface area (Å²) < 4.78 is 40.8. The highest BCUT2D eigenvalue weighted by Crippen LogP contribution is 2.38. The van der Waals surface area contributed by atoms with Gasteiger partial charge in [-0.1, -0.05) is 19.1 Å². The standard InChI is InChI=1S/C16H21FN2O3S/c1-5-14(20)19(4)10-13-15(11-6-8-12(17)9-7-11)23(21,22)18-16(13,2)3/h6-9,18H,5,10H2,1-4H3. The lowest BCUT2D eigenvalue weighted by atomic mass is 9.92. The Morgan fingerprint density at radius 2 is 1.83 bits per heavy atom. The zero-order valence-corrected chi connectivity index (χ0v) is 14.5. The third-order valence-corrected chi connectivity index (χ3v) is 5.72. The number of likely N-dealkylation sites (N-methyl/N-ethyl adjacent to an activating group) is 1. The quantitative estimate of drug-likeness (QED) is 0.913. The van der Waals surface area contributed by atoms with Gasteiger partial charge < -0.3 is 4.90 Å². The summed E-state index contributed by atoms with van der Waals surface area (Å²) in [6, 6.07) is 5.32. The Hall–Kier alpha value is -1.73. The van der Waals surface area contributed by atoms with Crippen molar-refractivity contribution in [3.8, 4) is 0 Å². The Balaban J connectivity index is 2.58. The SMILES string of the molecule is CCC(=O)N(C)CC1=C(c2ccc(F)cc2)S(=O)(=O)NC1(C)C. The van der Waals surface area contributed by atoms with Gasteiger partial charge >= 0.3 is 0 Å². The van der Waals surface area contributed by atoms with Crippen LogP contribution in [0.5, 0.6) is 0 Å². The summed E-state index contributed by atoms with van der Waals surface area (Å²) in [7, 11) is -2.08. The number of halogens is 1. The van der Waals surface area contributed by atoms with Gasteiger partial charge in [0.05, 0.1) is 10.4 Å². The number of amides is 1. The maximum atomic E-state index is 13.1. The van der Waals surface area contributed by atoms with Crippen LogP contribution in [0.15, 0.2) is 29.8 Å². The summed E-state index contributed by atoms with van der Waals surface area (Å²) in [6.07, 6.45) is 0.344. The third kappa shape index (κ3) is 3.45. The zero-order chi connectivity index (χ0) is 17.4. The highest BCUT2D eigenvalue weighted by Gasteiger charge is 2.43. The summed E-state index contributed by atoms with van der Waals surface area (Å²) in [4.78, 5) is 13.5. The van der Waals surface area contributed by atoms with Crippen molar-refractivity contribution in [3.05, 3.63) is 41.2 Å². The smallest absolute Gasteiger partial charge is 0.242 e. The van der Waals surface area contributed by atoms with Crippen molar-refractivity contribution in [1.82, 2.24) is 9.62 Å². The van der Waals surface area contributed by atoms with Crippen LogP contribution in [0.2, 0.25) is 0 Å². The van der Waals surface area contributed by atoms with E-state index < -0.39 is 21.4 Å². The van der Waals surface area contributed by atoms with Gasteiger partial charge in [-0.3, -0.25) is 4.79 Å². The fourth-order valence-corrected chi connectivity index (χ4v) is 4.68. The summed E-state index contributed by atoms with van der Waals surface area (Å²) >= 11 is 0. The molecule has 0 saturated heterocycles. The second-order valence-electron chi connectivity index (χ2n) is 6.15. The summed E-state index contributed by atoms with van der Waals surface area (Å²) in [5.74, 6) is -0.507. The van der Waals surface area contributed by atoms with Crippen LogP contribution in [0, 0.1) is 5.82 Å². The van der Waals surface area contributed by atoms with Crippen LogP contribution in [0.4, 0.5) is 4.39 Å². The van der Waals surface area contributed by atoms with Crippen molar-refractivity contribution >= 4 is 20.8 Å². The molecule has 0 radical (unpaired) electrons. The highest BCUT2D eigenvalue weighted by molar-refractivity contribution is 7.99. The van der Waals surface area contributed by atoms with Crippen molar-refractivity contribution in [2.45, 2.75) is 32.7 Å². The fourth-order valence-electron chi connectivity index (χ4n) is 2.69. The molecule has 0 fully saturated rings. The molecule has 0 unspecified atom stereocenters. The van der Waals surface area contributed by atoms with Gasteiger partial charge in [-0.25, -0.2) is 17.5 Å². The number of hydrogen-bond donors (Lipinski definition) is 1. The minimum atomic E-state index is -3.72. The first-order valence-electron chi connectivity index (χ1n) is 7.36. The van der Waals surface area contributed by atoms with E-state index in [1.807, 2.05) is 0 Å². The molecule has 0 aromatic heterocycles. The Bertz CT molecular complexity index is 752. The number of nitrogens with zero attached hydrogens (tertiary/aromatic N) is 1. The first-order chi connectivity index (χ1) is 10.6. The zero-order valence-electron chi connectivity index (χ0n) is 13.7. The van der Waals surface area contributed by atoms with Crippen molar-refractivity contribution in [3.63, 3.8) is 0 Å². The molecule has 1 aromatic carbocycles. The molecule has 1 aromatic rings. The van der Waals surface area contributed by atoms with E-state index >= 15 is 0 Å². The predicted molar refractivity (Wildman–Crippen MR) is 87.4 cm³/mol. The number of carbonyl (C=O) groups excluding carboxylic acids is 1. The second-order valence-corrected chi connectivity index (χ2v) is 7.77. The average molecular weight is 340 g/mol. The minimum absolute atomic E-state index is 0.0731. The van der Waals surface area contributed by atoms with E-state index in [0.717, 1.165) is 0 Å². The molecule has 7 heteroatoms. The molecule has 5 nitrogen and oxygen atoms in total. The third-order valence-electron chi connectivity index (χ3n) is 3.92. The van der Waals surface area contributed by atoms with Crippen molar-refractivity contribution < 1.29 is 17.6 Å². The maximum Gasteiger partial charge on any atom is 0.242 e. The minimum Gasteiger partial charge on any atom is -0.342 e. The molecule has 0 atom stereocenters. The predicted octanol–water partition coefficient (Wildman–Crippen LogP) is 2.12. The van der Waals surface area contributed by atoms with Gasteiger partial charge in [-0.2, -0.15) is 0 Å². The van der Waals surface area contributed by atoms with Crippen LogP contribution in [0.25, 0.3) is 4.91 Å². The molecule has 126 valence electrons. The van der Waals surface area contributed by atoms with Gasteiger partial charge in [0.2, 0.25) is 15.9 Å². The van der Waals surface area contributed by atoms with Crippen LogP contribution in [0.3, 0.4) is 0 Å². The molecular weight excluding hydrogens is 319 g/mol. The van der Waals surface area contributed by atoms with E-state index in [1.165, 1.54) is 29.2 Å². The molecule has 0 spiro atoms. The van der Waals surface area contributed by atoms with Crippen LogP contribution in [-0.4, -0.2) is 38.4 Å². The molecular formula is C16H21FN2O3S. The first kappa shape index (κ1) is 17.6. The Kier molecular flexibility index (Phi) is 4.64. The Morgan fingerprint density at radius 1 is 1.26 bits per heavy atom. The summed E-state index contributed by atoms with van der Waals surface area (Å²) in [5.41, 5.74) is 0.190. The molecule has 0 bridgehead atoms. The lowest BCUT2D eigenvalue weighted by Crippen LogP contribution is -2.41. The second kappa shape index (κ2) is 6.05. The van der Waals surface area contributed by atoms with E-state index in [0.29, 0.717) is 17.6 Å².